The Hall–Kier alpha value is -3.96. The van der Waals surface area contributed by atoms with Crippen LogP contribution in [0.15, 0.2) is 73.1 Å². The molecule has 0 spiro atoms. The van der Waals surface area contributed by atoms with Gasteiger partial charge in [0.1, 0.15) is 0 Å². The molecule has 32 heavy (non-hydrogen) atoms. The number of aromatic nitrogens is 3. The number of hydrogen-bond acceptors (Lipinski definition) is 5. The Labute approximate surface area is 186 Å². The van der Waals surface area contributed by atoms with Crippen molar-refractivity contribution in [3.8, 4) is 23.6 Å². The van der Waals surface area contributed by atoms with Crippen LogP contribution in [0.1, 0.15) is 28.8 Å². The number of hydrogen-bond donors (Lipinski definition) is 1. The zero-order valence-corrected chi connectivity index (χ0v) is 17.9. The number of benzene rings is 2. The summed E-state index contributed by atoms with van der Waals surface area (Å²) >= 11 is 0. The first-order chi connectivity index (χ1) is 15.5. The van der Waals surface area contributed by atoms with Crippen molar-refractivity contribution in [2.75, 3.05) is 10.5 Å². The van der Waals surface area contributed by atoms with Gasteiger partial charge in [0.25, 0.3) is 0 Å². The summed E-state index contributed by atoms with van der Waals surface area (Å²) in [5.74, 6) is 2.22. The number of nitrogens with zero attached hydrogens (tertiary/aromatic N) is 3. The van der Waals surface area contributed by atoms with E-state index in [1.165, 1.54) is 6.20 Å². The average molecular weight is 445 g/mol. The highest BCUT2D eigenvalue weighted by Crippen LogP contribution is 2.25. The lowest BCUT2D eigenvalue weighted by Gasteiger charge is -2.10. The number of sulfonamides is 1. The fraction of sp³-hybridized carbons (Fsp3) is 0.125. The van der Waals surface area contributed by atoms with Gasteiger partial charge in [0, 0.05) is 29.4 Å². The second kappa shape index (κ2) is 9.04. The van der Waals surface area contributed by atoms with Crippen molar-refractivity contribution in [2.24, 2.45) is 0 Å². The first kappa shape index (κ1) is 21.3. The average Bonchev–Trinajstić information content (AvgIpc) is 3.23. The number of unbranched alkanes of at least 4 members (excludes halogenated alkanes) is 1. The lowest BCUT2D eigenvalue weighted by atomic mass is 10.1. The number of carbonyl (C=O) groups is 1. The van der Waals surface area contributed by atoms with Crippen LogP contribution in [-0.2, 0) is 10.0 Å². The van der Waals surface area contributed by atoms with Crippen molar-refractivity contribution in [2.45, 2.75) is 12.8 Å². The van der Waals surface area contributed by atoms with Gasteiger partial charge in [0.15, 0.2) is 11.4 Å². The molecular weight excluding hydrogens is 424 g/mol. The van der Waals surface area contributed by atoms with Crippen molar-refractivity contribution in [3.05, 3.63) is 84.2 Å². The molecule has 0 radical (unpaired) electrons. The summed E-state index contributed by atoms with van der Waals surface area (Å²) < 4.78 is 28.8. The van der Waals surface area contributed by atoms with Crippen LogP contribution in [0.4, 0.5) is 5.69 Å². The first-order valence-corrected chi connectivity index (χ1v) is 11.6. The summed E-state index contributed by atoms with van der Waals surface area (Å²) in [6, 6.07) is 17.7. The molecule has 1 N–H and O–H groups in total. The molecule has 0 amide bonds. The normalized spacial score (nSPS) is 11.2. The Bertz CT molecular complexity index is 1420. The SMILES string of the molecule is C#CCCCS(=O)(=O)Nc1cccc(-c2ccnc3c(C(=O)c4ccccc4)cnn23)c1. The Morgan fingerprint density at radius 3 is 2.69 bits per heavy atom. The fourth-order valence-electron chi connectivity index (χ4n) is 3.35. The van der Waals surface area contributed by atoms with E-state index in [0.717, 1.165) is 5.56 Å². The summed E-state index contributed by atoms with van der Waals surface area (Å²) in [4.78, 5) is 17.3. The topological polar surface area (TPSA) is 93.4 Å². The van der Waals surface area contributed by atoms with Crippen molar-refractivity contribution in [3.63, 3.8) is 0 Å². The Balaban J connectivity index is 1.66. The summed E-state index contributed by atoms with van der Waals surface area (Å²) in [7, 11) is -3.51. The third-order valence-electron chi connectivity index (χ3n) is 4.85. The van der Waals surface area contributed by atoms with E-state index in [1.807, 2.05) is 12.1 Å². The van der Waals surface area contributed by atoms with Gasteiger partial charge < -0.3 is 0 Å². The van der Waals surface area contributed by atoms with Crippen molar-refractivity contribution < 1.29 is 13.2 Å². The van der Waals surface area contributed by atoms with E-state index in [2.05, 4.69) is 20.7 Å². The highest BCUT2D eigenvalue weighted by Gasteiger charge is 2.18. The molecule has 4 rings (SSSR count). The number of terminal acetylenes is 1. The van der Waals surface area contributed by atoms with Gasteiger partial charge in [0.2, 0.25) is 10.0 Å². The predicted octanol–water partition coefficient (Wildman–Crippen LogP) is 3.78. The summed E-state index contributed by atoms with van der Waals surface area (Å²) in [6.07, 6.45) is 9.09. The van der Waals surface area contributed by atoms with E-state index in [9.17, 15) is 13.2 Å². The fourth-order valence-corrected chi connectivity index (χ4v) is 4.46. The quantitative estimate of drug-likeness (QED) is 0.254. The molecule has 0 fully saturated rings. The third-order valence-corrected chi connectivity index (χ3v) is 6.22. The maximum atomic E-state index is 12.9. The maximum absolute atomic E-state index is 12.9. The van der Waals surface area contributed by atoms with E-state index in [1.54, 1.807) is 59.2 Å². The summed E-state index contributed by atoms with van der Waals surface area (Å²) in [5, 5.41) is 4.37. The van der Waals surface area contributed by atoms with Gasteiger partial charge in [-0.2, -0.15) is 5.10 Å². The number of nitrogens with one attached hydrogen (secondary N) is 1. The van der Waals surface area contributed by atoms with E-state index in [-0.39, 0.29) is 11.5 Å². The molecule has 160 valence electrons. The number of carbonyl (C=O) groups excluding carboxylic acids is 1. The molecule has 0 atom stereocenters. The molecule has 0 saturated heterocycles. The van der Waals surface area contributed by atoms with Gasteiger partial charge in [-0.05, 0) is 24.6 Å². The second-order valence-corrected chi connectivity index (χ2v) is 8.97. The van der Waals surface area contributed by atoms with Crippen LogP contribution >= 0.6 is 0 Å². The molecule has 0 aliphatic heterocycles. The standard InChI is InChI=1S/C24H20N4O3S/c1-2-3-7-15-32(30,31)27-20-12-8-11-19(16-20)22-13-14-25-24-21(17-26-28(22)24)23(29)18-9-5-4-6-10-18/h1,4-6,8-14,16-17,27H,3,7,15H2. The minimum absolute atomic E-state index is 0.0506. The zero-order valence-electron chi connectivity index (χ0n) is 17.1. The molecule has 8 heteroatoms. The molecule has 4 aromatic rings. The third kappa shape index (κ3) is 4.53. The Morgan fingerprint density at radius 1 is 1.09 bits per heavy atom. The van der Waals surface area contributed by atoms with E-state index < -0.39 is 10.0 Å². The highest BCUT2D eigenvalue weighted by molar-refractivity contribution is 7.92. The molecule has 0 saturated carbocycles. The monoisotopic (exact) mass is 444 g/mol. The zero-order chi connectivity index (χ0) is 22.6. The lowest BCUT2D eigenvalue weighted by molar-refractivity contribution is 0.104. The van der Waals surface area contributed by atoms with E-state index >= 15 is 0 Å². The van der Waals surface area contributed by atoms with Gasteiger partial charge in [-0.3, -0.25) is 9.52 Å². The molecule has 7 nitrogen and oxygen atoms in total. The largest absolute Gasteiger partial charge is 0.288 e. The summed E-state index contributed by atoms with van der Waals surface area (Å²) in [5.41, 5.74) is 3.20. The highest BCUT2D eigenvalue weighted by atomic mass is 32.2. The first-order valence-electron chi connectivity index (χ1n) is 9.95. The summed E-state index contributed by atoms with van der Waals surface area (Å²) in [6.45, 7) is 0. The Morgan fingerprint density at radius 2 is 1.91 bits per heavy atom. The number of fused-ring (bicyclic) bond motifs is 1. The van der Waals surface area contributed by atoms with E-state index in [0.29, 0.717) is 41.0 Å². The molecular formula is C24H20N4O3S. The van der Waals surface area contributed by atoms with Crippen LogP contribution in [0.2, 0.25) is 0 Å². The number of ketones is 1. The van der Waals surface area contributed by atoms with Crippen molar-refractivity contribution >= 4 is 27.1 Å². The molecule has 2 heterocycles. The van der Waals surface area contributed by atoms with Gasteiger partial charge in [-0.25, -0.2) is 17.9 Å². The Kier molecular flexibility index (Phi) is 6.01. The van der Waals surface area contributed by atoms with Crippen molar-refractivity contribution in [1.29, 1.82) is 0 Å². The number of rotatable bonds is 8. The maximum Gasteiger partial charge on any atom is 0.232 e. The molecule has 0 bridgehead atoms. The van der Waals surface area contributed by atoms with Crippen LogP contribution in [-0.4, -0.2) is 34.6 Å². The molecule has 2 aromatic carbocycles. The van der Waals surface area contributed by atoms with Gasteiger partial charge in [-0.15, -0.1) is 12.3 Å². The van der Waals surface area contributed by atoms with Crippen LogP contribution < -0.4 is 4.72 Å². The van der Waals surface area contributed by atoms with Crippen LogP contribution in [0.5, 0.6) is 0 Å². The van der Waals surface area contributed by atoms with Gasteiger partial charge >= 0.3 is 0 Å². The molecule has 2 aromatic heterocycles. The van der Waals surface area contributed by atoms with Crippen LogP contribution in [0, 0.1) is 12.3 Å². The molecule has 0 aliphatic carbocycles. The second-order valence-electron chi connectivity index (χ2n) is 7.13. The van der Waals surface area contributed by atoms with Gasteiger partial charge in [0.05, 0.1) is 23.2 Å². The van der Waals surface area contributed by atoms with Crippen LogP contribution in [0.3, 0.4) is 0 Å². The van der Waals surface area contributed by atoms with E-state index in [4.69, 9.17) is 6.42 Å². The molecule has 0 unspecified atom stereocenters. The predicted molar refractivity (Wildman–Crippen MR) is 124 cm³/mol. The lowest BCUT2D eigenvalue weighted by Crippen LogP contribution is -2.16. The van der Waals surface area contributed by atoms with Crippen LogP contribution in [0.25, 0.3) is 16.9 Å². The number of anilines is 1. The smallest absolute Gasteiger partial charge is 0.232 e. The van der Waals surface area contributed by atoms with Gasteiger partial charge in [-0.1, -0.05) is 42.5 Å². The molecule has 0 aliphatic rings. The van der Waals surface area contributed by atoms with Crippen molar-refractivity contribution in [1.82, 2.24) is 14.6 Å². The minimum atomic E-state index is -3.51. The minimum Gasteiger partial charge on any atom is -0.288 e.